The number of piperidine rings is 1. The van der Waals surface area contributed by atoms with Gasteiger partial charge in [-0.25, -0.2) is 8.42 Å². The molecule has 1 atom stereocenters. The van der Waals surface area contributed by atoms with Gasteiger partial charge in [-0.1, -0.05) is 44.2 Å². The Labute approximate surface area is 156 Å². The van der Waals surface area contributed by atoms with Gasteiger partial charge in [-0.05, 0) is 25.2 Å². The van der Waals surface area contributed by atoms with Crippen LogP contribution < -0.4 is 0 Å². The fourth-order valence-electron chi connectivity index (χ4n) is 3.39. The van der Waals surface area contributed by atoms with Gasteiger partial charge in [0, 0.05) is 31.5 Å². The summed E-state index contributed by atoms with van der Waals surface area (Å²) in [6, 6.07) is 9.06. The van der Waals surface area contributed by atoms with Crippen molar-refractivity contribution in [3.8, 4) is 0 Å². The standard InChI is InChI=1S/C20H29NO4S/c1-16(2)15-26(24,25)18-10-7-13-21(14-18)20(23)12-6-11-19(22)17-8-4-3-5-9-17/h3-5,8-9,16,18H,6-7,10-15H2,1-2H3/t18-/m0/s1. The lowest BCUT2D eigenvalue weighted by Gasteiger charge is -2.33. The molecule has 0 spiro atoms. The zero-order chi connectivity index (χ0) is 19.2. The van der Waals surface area contributed by atoms with Gasteiger partial charge in [-0.3, -0.25) is 9.59 Å². The summed E-state index contributed by atoms with van der Waals surface area (Å²) >= 11 is 0. The number of ketones is 1. The van der Waals surface area contributed by atoms with Crippen molar-refractivity contribution < 1.29 is 18.0 Å². The maximum absolute atomic E-state index is 12.4. The molecular weight excluding hydrogens is 350 g/mol. The van der Waals surface area contributed by atoms with Crippen LogP contribution in [0.2, 0.25) is 0 Å². The second-order valence-corrected chi connectivity index (χ2v) is 9.80. The van der Waals surface area contributed by atoms with Crippen LogP contribution in [0.3, 0.4) is 0 Å². The smallest absolute Gasteiger partial charge is 0.222 e. The topological polar surface area (TPSA) is 71.5 Å². The van der Waals surface area contributed by atoms with Crippen LogP contribution in [0.4, 0.5) is 0 Å². The third-order valence-corrected chi connectivity index (χ3v) is 7.23. The first-order valence-electron chi connectivity index (χ1n) is 9.37. The van der Waals surface area contributed by atoms with Crippen LogP contribution in [0.1, 0.15) is 56.3 Å². The monoisotopic (exact) mass is 379 g/mol. The molecule has 0 aromatic heterocycles. The minimum Gasteiger partial charge on any atom is -0.341 e. The summed E-state index contributed by atoms with van der Waals surface area (Å²) in [5.41, 5.74) is 0.665. The number of likely N-dealkylation sites (tertiary alicyclic amines) is 1. The normalized spacial score (nSPS) is 18.1. The van der Waals surface area contributed by atoms with Crippen molar-refractivity contribution in [3.63, 3.8) is 0 Å². The number of rotatable bonds is 8. The second kappa shape index (κ2) is 9.31. The van der Waals surface area contributed by atoms with Gasteiger partial charge >= 0.3 is 0 Å². The van der Waals surface area contributed by atoms with Gasteiger partial charge in [0.05, 0.1) is 11.0 Å². The van der Waals surface area contributed by atoms with Gasteiger partial charge in [0.15, 0.2) is 15.6 Å². The minimum atomic E-state index is -3.17. The van der Waals surface area contributed by atoms with E-state index in [1.807, 2.05) is 32.0 Å². The Bertz CT molecular complexity index is 713. The maximum Gasteiger partial charge on any atom is 0.222 e. The van der Waals surface area contributed by atoms with Crippen molar-refractivity contribution in [1.82, 2.24) is 4.90 Å². The van der Waals surface area contributed by atoms with Crippen LogP contribution in [-0.2, 0) is 14.6 Å². The molecule has 0 aliphatic carbocycles. The van der Waals surface area contributed by atoms with Gasteiger partial charge < -0.3 is 4.90 Å². The Morgan fingerprint density at radius 2 is 1.85 bits per heavy atom. The number of Topliss-reactive ketones (excluding diaryl/α,β-unsaturated/α-hetero) is 1. The minimum absolute atomic E-state index is 0.0365. The quantitative estimate of drug-likeness (QED) is 0.651. The first-order chi connectivity index (χ1) is 12.3. The third kappa shape index (κ3) is 5.94. The number of nitrogens with zero attached hydrogens (tertiary/aromatic N) is 1. The molecular formula is C20H29NO4S. The maximum atomic E-state index is 12.4. The highest BCUT2D eigenvalue weighted by Gasteiger charge is 2.32. The van der Waals surface area contributed by atoms with E-state index >= 15 is 0 Å². The van der Waals surface area contributed by atoms with Crippen LogP contribution in [0, 0.1) is 5.92 Å². The number of hydrogen-bond donors (Lipinski definition) is 0. The zero-order valence-corrected chi connectivity index (χ0v) is 16.5. The Balaban J connectivity index is 1.83. The number of benzene rings is 1. The van der Waals surface area contributed by atoms with Crippen LogP contribution in [0.5, 0.6) is 0 Å². The lowest BCUT2D eigenvalue weighted by molar-refractivity contribution is -0.132. The summed E-state index contributed by atoms with van der Waals surface area (Å²) in [7, 11) is -3.17. The molecule has 1 heterocycles. The predicted molar refractivity (Wildman–Crippen MR) is 103 cm³/mol. The number of hydrogen-bond acceptors (Lipinski definition) is 4. The van der Waals surface area contributed by atoms with Crippen molar-refractivity contribution in [2.24, 2.45) is 5.92 Å². The molecule has 1 aromatic carbocycles. The fraction of sp³-hybridized carbons (Fsp3) is 0.600. The van der Waals surface area contributed by atoms with Gasteiger partial charge in [0.1, 0.15) is 0 Å². The molecule has 5 nitrogen and oxygen atoms in total. The van der Waals surface area contributed by atoms with E-state index in [1.165, 1.54) is 0 Å². The number of amides is 1. The fourth-order valence-corrected chi connectivity index (χ4v) is 5.52. The van der Waals surface area contributed by atoms with Gasteiger partial charge in [0.25, 0.3) is 0 Å². The largest absolute Gasteiger partial charge is 0.341 e. The summed E-state index contributed by atoms with van der Waals surface area (Å²) in [6.45, 7) is 4.69. The second-order valence-electron chi connectivity index (χ2n) is 7.47. The molecule has 0 saturated carbocycles. The molecule has 0 radical (unpaired) electrons. The molecule has 1 fully saturated rings. The van der Waals surface area contributed by atoms with Crippen molar-refractivity contribution in [3.05, 3.63) is 35.9 Å². The van der Waals surface area contributed by atoms with E-state index < -0.39 is 15.1 Å². The molecule has 1 aliphatic rings. The molecule has 1 saturated heterocycles. The van der Waals surface area contributed by atoms with E-state index in [2.05, 4.69) is 0 Å². The lowest BCUT2D eigenvalue weighted by Crippen LogP contribution is -2.46. The summed E-state index contributed by atoms with van der Waals surface area (Å²) < 4.78 is 24.9. The molecule has 0 N–H and O–H groups in total. The highest BCUT2D eigenvalue weighted by Crippen LogP contribution is 2.20. The van der Waals surface area contributed by atoms with E-state index in [9.17, 15) is 18.0 Å². The Morgan fingerprint density at radius 1 is 1.15 bits per heavy atom. The average Bonchev–Trinajstić information content (AvgIpc) is 2.61. The van der Waals surface area contributed by atoms with Crippen molar-refractivity contribution in [1.29, 1.82) is 0 Å². The molecule has 6 heteroatoms. The molecule has 1 amide bonds. The first-order valence-corrected chi connectivity index (χ1v) is 11.1. The summed E-state index contributed by atoms with van der Waals surface area (Å²) in [6.07, 6.45) is 2.46. The number of carbonyl (C=O) groups is 2. The molecule has 144 valence electrons. The number of sulfone groups is 1. The third-order valence-electron chi connectivity index (χ3n) is 4.69. The molecule has 1 aliphatic heterocycles. The van der Waals surface area contributed by atoms with Crippen molar-refractivity contribution in [2.45, 2.75) is 51.2 Å². The van der Waals surface area contributed by atoms with E-state index in [-0.39, 0.29) is 29.8 Å². The van der Waals surface area contributed by atoms with Gasteiger partial charge in [0.2, 0.25) is 5.91 Å². The van der Waals surface area contributed by atoms with E-state index in [0.29, 0.717) is 37.9 Å². The van der Waals surface area contributed by atoms with Crippen LogP contribution >= 0.6 is 0 Å². The molecule has 2 rings (SSSR count). The molecule has 26 heavy (non-hydrogen) atoms. The Kier molecular flexibility index (Phi) is 7.38. The average molecular weight is 380 g/mol. The van der Waals surface area contributed by atoms with E-state index in [0.717, 1.165) is 6.42 Å². The summed E-state index contributed by atoms with van der Waals surface area (Å²) in [5.74, 6) is 0.255. The predicted octanol–water partition coefficient (Wildman–Crippen LogP) is 3.10. The van der Waals surface area contributed by atoms with Crippen molar-refractivity contribution in [2.75, 3.05) is 18.8 Å². The van der Waals surface area contributed by atoms with Crippen LogP contribution in [0.15, 0.2) is 30.3 Å². The lowest BCUT2D eigenvalue weighted by atomic mass is 10.0. The molecule has 0 bridgehead atoms. The Hall–Kier alpha value is -1.69. The van der Waals surface area contributed by atoms with Crippen LogP contribution in [0.25, 0.3) is 0 Å². The highest BCUT2D eigenvalue weighted by atomic mass is 32.2. The zero-order valence-electron chi connectivity index (χ0n) is 15.7. The molecule has 0 unspecified atom stereocenters. The molecule has 1 aromatic rings. The first kappa shape index (κ1) is 20.6. The van der Waals surface area contributed by atoms with E-state index in [4.69, 9.17) is 0 Å². The Morgan fingerprint density at radius 3 is 2.50 bits per heavy atom. The number of carbonyl (C=O) groups excluding carboxylic acids is 2. The highest BCUT2D eigenvalue weighted by molar-refractivity contribution is 7.92. The van der Waals surface area contributed by atoms with E-state index in [1.54, 1.807) is 17.0 Å². The summed E-state index contributed by atoms with van der Waals surface area (Å²) in [4.78, 5) is 26.2. The van der Waals surface area contributed by atoms with Crippen LogP contribution in [-0.4, -0.2) is 49.1 Å². The SMILES string of the molecule is CC(C)CS(=O)(=O)[C@H]1CCCN(C(=O)CCCC(=O)c2ccccc2)C1. The van der Waals surface area contributed by atoms with Gasteiger partial charge in [-0.2, -0.15) is 0 Å². The van der Waals surface area contributed by atoms with Crippen molar-refractivity contribution >= 4 is 21.5 Å². The van der Waals surface area contributed by atoms with Gasteiger partial charge in [-0.15, -0.1) is 0 Å². The summed E-state index contributed by atoms with van der Waals surface area (Å²) in [5, 5.41) is -0.450.